The van der Waals surface area contributed by atoms with E-state index in [0.717, 1.165) is 5.92 Å². The molecule has 23 heavy (non-hydrogen) atoms. The molecule has 0 spiro atoms. The number of hydrogen-bond donors (Lipinski definition) is 0. The molecule has 0 saturated carbocycles. The van der Waals surface area contributed by atoms with Crippen molar-refractivity contribution in [2.75, 3.05) is 6.54 Å². The van der Waals surface area contributed by atoms with Crippen molar-refractivity contribution in [1.29, 1.82) is 0 Å². The largest absolute Gasteiger partial charge is 0.293 e. The van der Waals surface area contributed by atoms with E-state index in [1.807, 2.05) is 0 Å². The van der Waals surface area contributed by atoms with Gasteiger partial charge >= 0.3 is 0 Å². The molecule has 0 aromatic heterocycles. The Morgan fingerprint density at radius 2 is 1.78 bits per heavy atom. The van der Waals surface area contributed by atoms with Crippen LogP contribution in [0.15, 0.2) is 53.0 Å². The zero-order chi connectivity index (χ0) is 15.8. The van der Waals surface area contributed by atoms with Crippen molar-refractivity contribution in [3.8, 4) is 0 Å². The maximum atomic E-state index is 3.63. The molecule has 2 aromatic rings. The smallest absolute Gasteiger partial charge is 0.0323 e. The number of piperidine rings is 1. The molecule has 0 radical (unpaired) electrons. The van der Waals surface area contributed by atoms with Gasteiger partial charge in [0.1, 0.15) is 0 Å². The number of rotatable bonds is 2. The van der Waals surface area contributed by atoms with Gasteiger partial charge in [-0.15, -0.1) is 0 Å². The van der Waals surface area contributed by atoms with Crippen molar-refractivity contribution in [2.45, 2.75) is 44.7 Å². The van der Waals surface area contributed by atoms with Crippen LogP contribution < -0.4 is 0 Å². The van der Waals surface area contributed by atoms with Crippen LogP contribution in [0, 0.1) is 5.92 Å². The quantitative estimate of drug-likeness (QED) is 0.685. The summed E-state index contributed by atoms with van der Waals surface area (Å²) in [4.78, 5) is 2.77. The molecule has 1 fully saturated rings. The summed E-state index contributed by atoms with van der Waals surface area (Å²) in [6.07, 6.45) is 5.20. The van der Waals surface area contributed by atoms with E-state index in [4.69, 9.17) is 0 Å². The fourth-order valence-electron chi connectivity index (χ4n) is 4.47. The van der Waals surface area contributed by atoms with Gasteiger partial charge in [0.05, 0.1) is 0 Å². The number of hydrogen-bond acceptors (Lipinski definition) is 1. The van der Waals surface area contributed by atoms with Gasteiger partial charge in [0.2, 0.25) is 0 Å². The molecule has 3 aliphatic rings. The summed E-state index contributed by atoms with van der Waals surface area (Å²) >= 11 is 3.63. The van der Waals surface area contributed by atoms with Crippen LogP contribution in [0.5, 0.6) is 0 Å². The molecule has 3 atom stereocenters. The molecule has 1 unspecified atom stereocenters. The lowest BCUT2D eigenvalue weighted by Gasteiger charge is -2.45. The second-order valence-electron chi connectivity index (χ2n) is 7.20. The SMILES string of the molecule is CC(c1cccc(Br)c1)N1C[C@@H]2CC[C@H]1Cc1ccccc1C2. The van der Waals surface area contributed by atoms with Gasteiger partial charge in [0.25, 0.3) is 0 Å². The third-order valence-corrected chi connectivity index (χ3v) is 6.25. The summed E-state index contributed by atoms with van der Waals surface area (Å²) in [6.45, 7) is 3.62. The molecular weight excluding hydrogens is 346 g/mol. The van der Waals surface area contributed by atoms with Gasteiger partial charge < -0.3 is 0 Å². The Balaban J connectivity index is 1.64. The third kappa shape index (κ3) is 3.12. The van der Waals surface area contributed by atoms with E-state index in [1.54, 1.807) is 11.1 Å². The van der Waals surface area contributed by atoms with Gasteiger partial charge in [-0.2, -0.15) is 0 Å². The van der Waals surface area contributed by atoms with E-state index >= 15 is 0 Å². The van der Waals surface area contributed by atoms with E-state index in [9.17, 15) is 0 Å². The number of nitrogens with zero attached hydrogens (tertiary/aromatic N) is 1. The fraction of sp³-hybridized carbons (Fsp3) is 0.429. The highest BCUT2D eigenvalue weighted by Crippen LogP contribution is 2.37. The average Bonchev–Trinajstić information content (AvgIpc) is 2.54. The number of halogens is 1. The number of fused-ring (bicyclic) bond motifs is 2. The zero-order valence-corrected chi connectivity index (χ0v) is 15.3. The normalized spacial score (nSPS) is 25.5. The van der Waals surface area contributed by atoms with Crippen molar-refractivity contribution >= 4 is 15.9 Å². The standard InChI is InChI=1S/C21H24BrN/c1-15(17-7-4-8-20(22)12-17)23-14-16-9-10-21(23)13-19-6-3-2-5-18(19)11-16/h2-8,12,15-16,21H,9-11,13-14H2,1H3/t15?,16-,21+/m1/s1. The van der Waals surface area contributed by atoms with E-state index in [0.29, 0.717) is 12.1 Å². The lowest BCUT2D eigenvalue weighted by Crippen LogP contribution is -2.47. The van der Waals surface area contributed by atoms with E-state index in [2.05, 4.69) is 76.3 Å². The van der Waals surface area contributed by atoms with Gasteiger partial charge in [-0.1, -0.05) is 52.3 Å². The molecule has 0 amide bonds. The van der Waals surface area contributed by atoms with Gasteiger partial charge in [0, 0.05) is 23.1 Å². The van der Waals surface area contributed by atoms with Crippen LogP contribution in [0.2, 0.25) is 0 Å². The fourth-order valence-corrected chi connectivity index (χ4v) is 4.89. The summed E-state index contributed by atoms with van der Waals surface area (Å²) in [5.74, 6) is 0.808. The first-order valence-corrected chi connectivity index (χ1v) is 9.58. The van der Waals surface area contributed by atoms with Crippen LogP contribution in [0.4, 0.5) is 0 Å². The molecule has 2 aromatic carbocycles. The molecule has 5 rings (SSSR count). The van der Waals surface area contributed by atoms with Gasteiger partial charge in [0.15, 0.2) is 0 Å². The molecule has 1 saturated heterocycles. The molecule has 120 valence electrons. The Morgan fingerprint density at radius 1 is 1.00 bits per heavy atom. The van der Waals surface area contributed by atoms with Gasteiger partial charge in [-0.05, 0) is 67.3 Å². The van der Waals surface area contributed by atoms with Crippen LogP contribution in [-0.2, 0) is 12.8 Å². The summed E-state index contributed by atoms with van der Waals surface area (Å²) < 4.78 is 1.18. The first kappa shape index (κ1) is 15.4. The molecule has 0 N–H and O–H groups in total. The van der Waals surface area contributed by atoms with E-state index in [1.165, 1.54) is 42.3 Å². The summed E-state index contributed by atoms with van der Waals surface area (Å²) in [5, 5.41) is 0. The lowest BCUT2D eigenvalue weighted by molar-refractivity contribution is 0.0642. The Bertz CT molecular complexity index is 696. The number of benzene rings is 2. The molecule has 2 aliphatic heterocycles. The second kappa shape index (κ2) is 6.41. The minimum atomic E-state index is 0.491. The Labute approximate surface area is 147 Å². The van der Waals surface area contributed by atoms with E-state index < -0.39 is 0 Å². The highest BCUT2D eigenvalue weighted by Gasteiger charge is 2.34. The molecule has 2 heteroatoms. The monoisotopic (exact) mass is 369 g/mol. The Hall–Kier alpha value is -1.12. The van der Waals surface area contributed by atoms with Crippen LogP contribution in [-0.4, -0.2) is 17.5 Å². The van der Waals surface area contributed by atoms with E-state index in [-0.39, 0.29) is 0 Å². The average molecular weight is 370 g/mol. The predicted molar refractivity (Wildman–Crippen MR) is 99.6 cm³/mol. The maximum absolute atomic E-state index is 3.63. The topological polar surface area (TPSA) is 3.24 Å². The van der Waals surface area contributed by atoms with Crippen molar-refractivity contribution in [1.82, 2.24) is 4.90 Å². The minimum Gasteiger partial charge on any atom is -0.293 e. The third-order valence-electron chi connectivity index (χ3n) is 5.76. The predicted octanol–water partition coefficient (Wildman–Crippen LogP) is 5.39. The Morgan fingerprint density at radius 3 is 2.57 bits per heavy atom. The summed E-state index contributed by atoms with van der Waals surface area (Å²) in [5.41, 5.74) is 4.60. The summed E-state index contributed by atoms with van der Waals surface area (Å²) in [6, 6.07) is 19.1. The first-order chi connectivity index (χ1) is 11.2. The van der Waals surface area contributed by atoms with Crippen LogP contribution in [0.25, 0.3) is 0 Å². The molecular formula is C21H24BrN. The second-order valence-corrected chi connectivity index (χ2v) is 8.12. The highest BCUT2D eigenvalue weighted by molar-refractivity contribution is 9.10. The minimum absolute atomic E-state index is 0.491. The van der Waals surface area contributed by atoms with Crippen molar-refractivity contribution in [3.63, 3.8) is 0 Å². The maximum Gasteiger partial charge on any atom is 0.0323 e. The molecule has 2 heterocycles. The van der Waals surface area contributed by atoms with Crippen LogP contribution in [0.1, 0.15) is 42.5 Å². The van der Waals surface area contributed by atoms with Gasteiger partial charge in [-0.3, -0.25) is 4.90 Å². The van der Waals surface area contributed by atoms with Crippen LogP contribution in [0.3, 0.4) is 0 Å². The van der Waals surface area contributed by atoms with Crippen molar-refractivity contribution in [3.05, 3.63) is 69.7 Å². The zero-order valence-electron chi connectivity index (χ0n) is 13.7. The summed E-state index contributed by atoms with van der Waals surface area (Å²) in [7, 11) is 0. The first-order valence-electron chi connectivity index (χ1n) is 8.78. The molecule has 1 nitrogen and oxygen atoms in total. The van der Waals surface area contributed by atoms with Crippen LogP contribution >= 0.6 is 15.9 Å². The highest BCUT2D eigenvalue weighted by atomic mass is 79.9. The molecule has 2 bridgehead atoms. The van der Waals surface area contributed by atoms with Gasteiger partial charge in [-0.25, -0.2) is 0 Å². The Kier molecular flexibility index (Phi) is 4.29. The van der Waals surface area contributed by atoms with Crippen molar-refractivity contribution in [2.24, 2.45) is 5.92 Å². The lowest BCUT2D eigenvalue weighted by atomic mass is 9.79. The van der Waals surface area contributed by atoms with Crippen molar-refractivity contribution < 1.29 is 0 Å². The molecule has 1 aliphatic carbocycles.